The number of carbonyl (C=O) groups is 1. The highest BCUT2D eigenvalue weighted by molar-refractivity contribution is 5.77. The molecule has 0 N–H and O–H groups in total. The third-order valence-corrected chi connectivity index (χ3v) is 7.67. The third-order valence-electron chi connectivity index (χ3n) is 7.67. The summed E-state index contributed by atoms with van der Waals surface area (Å²) in [6, 6.07) is 0. The average Bonchev–Trinajstić information content (AvgIpc) is 2.90. The molecule has 0 rings (SSSR count). The van der Waals surface area contributed by atoms with Gasteiger partial charge in [0.1, 0.15) is 19.6 Å². The van der Waals surface area contributed by atoms with Gasteiger partial charge in [-0.3, -0.25) is 9.28 Å². The Hall–Kier alpha value is -1.89. The van der Waals surface area contributed by atoms with Crippen molar-refractivity contribution in [3.05, 3.63) is 0 Å². The lowest BCUT2D eigenvalue weighted by Crippen LogP contribution is -2.55. The molecule has 0 radical (unpaired) electrons. The topological polar surface area (TPSA) is 20.3 Å². The molecular formula is C35H61N2O+. The average molecular weight is 526 g/mol. The molecule has 0 aromatic carbocycles. The third kappa shape index (κ3) is 20.1. The van der Waals surface area contributed by atoms with Gasteiger partial charge in [-0.25, -0.2) is 0 Å². The van der Waals surface area contributed by atoms with Gasteiger partial charge < -0.3 is 4.90 Å². The second-order valence-electron chi connectivity index (χ2n) is 11.3. The van der Waals surface area contributed by atoms with E-state index in [9.17, 15) is 4.79 Å². The van der Waals surface area contributed by atoms with Gasteiger partial charge in [-0.2, -0.15) is 0 Å². The molecule has 0 heterocycles. The smallest absolute Gasteiger partial charge is 0.277 e. The van der Waals surface area contributed by atoms with E-state index < -0.39 is 0 Å². The molecule has 0 aromatic heterocycles. The first-order valence-electron chi connectivity index (χ1n) is 16.0. The monoisotopic (exact) mass is 525 g/mol. The summed E-state index contributed by atoms with van der Waals surface area (Å²) in [7, 11) is 0. The van der Waals surface area contributed by atoms with E-state index in [2.05, 4.69) is 36.5 Å². The lowest BCUT2D eigenvalue weighted by molar-refractivity contribution is -0.900. The second kappa shape index (κ2) is 26.7. The molecule has 0 aliphatic rings. The lowest BCUT2D eigenvalue weighted by Gasteiger charge is -2.35. The quantitative estimate of drug-likeness (QED) is 0.0599. The van der Waals surface area contributed by atoms with Gasteiger partial charge in [-0.05, 0) is 30.6 Å². The first-order chi connectivity index (χ1) is 18.6. The number of hydrogen-bond acceptors (Lipinski definition) is 1. The minimum absolute atomic E-state index is 0.151. The highest BCUT2D eigenvalue weighted by atomic mass is 16.2. The Morgan fingerprint density at radius 2 is 0.816 bits per heavy atom. The van der Waals surface area contributed by atoms with Crippen molar-refractivity contribution in [2.24, 2.45) is 0 Å². The molecule has 0 aliphatic carbocycles. The predicted molar refractivity (Wildman–Crippen MR) is 166 cm³/mol. The summed E-state index contributed by atoms with van der Waals surface area (Å²) in [5, 5.41) is 0. The summed E-state index contributed by atoms with van der Waals surface area (Å²) in [6.07, 6.45) is 42.9. The van der Waals surface area contributed by atoms with Crippen LogP contribution in [-0.4, -0.2) is 54.6 Å². The molecule has 0 unspecified atom stereocenters. The van der Waals surface area contributed by atoms with Gasteiger partial charge in [0.05, 0.1) is 0 Å². The Bertz CT molecular complexity index is 613. The Balaban J connectivity index is 4.64. The molecule has 3 heteroatoms. The SMILES string of the molecule is C#CC[N+](CC#C)(CC#C)CC(=O)N(CCCCCCCCCCCC)CCCCCCCCCCCC. The zero-order valence-corrected chi connectivity index (χ0v) is 25.4. The van der Waals surface area contributed by atoms with Crippen molar-refractivity contribution >= 4 is 5.91 Å². The molecule has 0 spiro atoms. The van der Waals surface area contributed by atoms with Crippen LogP contribution in [0.5, 0.6) is 0 Å². The molecule has 0 bridgehead atoms. The van der Waals surface area contributed by atoms with E-state index in [1.165, 1.54) is 116 Å². The fraction of sp³-hybridized carbons (Fsp3) is 0.800. The van der Waals surface area contributed by atoms with Crippen LogP contribution in [0.15, 0.2) is 0 Å². The van der Waals surface area contributed by atoms with E-state index >= 15 is 0 Å². The van der Waals surface area contributed by atoms with Crippen LogP contribution < -0.4 is 0 Å². The minimum atomic E-state index is 0.151. The fourth-order valence-corrected chi connectivity index (χ4v) is 5.24. The van der Waals surface area contributed by atoms with Gasteiger partial charge >= 0.3 is 0 Å². The number of rotatable bonds is 27. The van der Waals surface area contributed by atoms with Crippen molar-refractivity contribution in [3.8, 4) is 37.0 Å². The van der Waals surface area contributed by atoms with E-state index in [0.717, 1.165) is 25.9 Å². The zero-order chi connectivity index (χ0) is 28.2. The lowest BCUT2D eigenvalue weighted by atomic mass is 10.1. The van der Waals surface area contributed by atoms with Gasteiger partial charge in [0.15, 0.2) is 6.54 Å². The van der Waals surface area contributed by atoms with Crippen LogP contribution in [0.25, 0.3) is 0 Å². The maximum Gasteiger partial charge on any atom is 0.277 e. The van der Waals surface area contributed by atoms with Crippen LogP contribution in [0.2, 0.25) is 0 Å². The van der Waals surface area contributed by atoms with E-state index in [1.807, 2.05) is 0 Å². The van der Waals surface area contributed by atoms with Gasteiger partial charge in [-0.15, -0.1) is 19.3 Å². The van der Waals surface area contributed by atoms with E-state index in [0.29, 0.717) is 30.7 Å². The summed E-state index contributed by atoms with van der Waals surface area (Å²) in [4.78, 5) is 15.5. The maximum atomic E-state index is 13.5. The normalized spacial score (nSPS) is 11.0. The Morgan fingerprint density at radius 1 is 0.526 bits per heavy atom. The largest absolute Gasteiger partial charge is 0.338 e. The van der Waals surface area contributed by atoms with Crippen molar-refractivity contribution in [3.63, 3.8) is 0 Å². The van der Waals surface area contributed by atoms with Gasteiger partial charge in [0.2, 0.25) is 0 Å². The van der Waals surface area contributed by atoms with Crippen LogP contribution in [0.3, 0.4) is 0 Å². The van der Waals surface area contributed by atoms with E-state index in [4.69, 9.17) is 19.3 Å². The Morgan fingerprint density at radius 3 is 1.11 bits per heavy atom. The standard InChI is InChI=1S/C35H61N2O/c1-6-11-13-15-17-19-21-23-25-27-29-36(30-28-26-24-22-20-18-16-14-12-7-2)35(38)34-37(31-8-3,32-9-4)33-10-5/h3-5H,6-7,11-34H2,1-2H3/q+1. The van der Waals surface area contributed by atoms with E-state index in [1.54, 1.807) is 0 Å². The van der Waals surface area contributed by atoms with Crippen LogP contribution in [0.4, 0.5) is 0 Å². The molecule has 0 atom stereocenters. The molecule has 0 fully saturated rings. The number of nitrogens with zero attached hydrogens (tertiary/aromatic N) is 2. The van der Waals surface area contributed by atoms with E-state index in [-0.39, 0.29) is 5.91 Å². The van der Waals surface area contributed by atoms with Crippen molar-refractivity contribution < 1.29 is 9.28 Å². The summed E-state index contributed by atoms with van der Waals surface area (Å²) in [5.41, 5.74) is 0. The highest BCUT2D eigenvalue weighted by Gasteiger charge is 2.30. The zero-order valence-electron chi connectivity index (χ0n) is 25.4. The first-order valence-corrected chi connectivity index (χ1v) is 16.0. The molecule has 0 aliphatic heterocycles. The summed E-state index contributed by atoms with van der Waals surface area (Å²) in [5.74, 6) is 8.28. The van der Waals surface area contributed by atoms with Crippen LogP contribution >= 0.6 is 0 Å². The number of terminal acetylenes is 3. The molecular weight excluding hydrogens is 464 g/mol. The van der Waals surface area contributed by atoms with Crippen molar-refractivity contribution in [1.29, 1.82) is 0 Å². The minimum Gasteiger partial charge on any atom is -0.338 e. The van der Waals surface area contributed by atoms with Gasteiger partial charge in [0, 0.05) is 13.1 Å². The summed E-state index contributed by atoms with van der Waals surface area (Å²) >= 11 is 0. The van der Waals surface area contributed by atoms with Crippen molar-refractivity contribution in [2.75, 3.05) is 39.3 Å². The maximum absolute atomic E-state index is 13.5. The van der Waals surface area contributed by atoms with Crippen LogP contribution in [0, 0.1) is 37.0 Å². The van der Waals surface area contributed by atoms with Gasteiger partial charge in [0.25, 0.3) is 5.91 Å². The Kier molecular flexibility index (Phi) is 25.4. The number of unbranched alkanes of at least 4 members (excludes halogenated alkanes) is 18. The number of carbonyl (C=O) groups excluding carboxylic acids is 1. The molecule has 0 aromatic rings. The van der Waals surface area contributed by atoms with Crippen LogP contribution in [0.1, 0.15) is 142 Å². The first kappa shape index (κ1) is 36.1. The van der Waals surface area contributed by atoms with Gasteiger partial charge in [-0.1, -0.05) is 129 Å². The number of amides is 1. The summed E-state index contributed by atoms with van der Waals surface area (Å²) in [6.45, 7) is 7.67. The highest BCUT2D eigenvalue weighted by Crippen LogP contribution is 2.14. The summed E-state index contributed by atoms with van der Waals surface area (Å²) < 4.78 is 0.300. The predicted octanol–water partition coefficient (Wildman–Crippen LogP) is 8.37. The molecule has 3 nitrogen and oxygen atoms in total. The Labute approximate surface area is 238 Å². The van der Waals surface area contributed by atoms with Crippen molar-refractivity contribution in [1.82, 2.24) is 4.90 Å². The fourth-order valence-electron chi connectivity index (χ4n) is 5.24. The molecule has 216 valence electrons. The molecule has 0 saturated carbocycles. The molecule has 1 amide bonds. The number of quaternary nitrogens is 1. The van der Waals surface area contributed by atoms with Crippen LogP contribution in [-0.2, 0) is 4.79 Å². The second-order valence-corrected chi connectivity index (χ2v) is 11.3. The number of hydrogen-bond donors (Lipinski definition) is 0. The molecule has 38 heavy (non-hydrogen) atoms. The van der Waals surface area contributed by atoms with Crippen molar-refractivity contribution in [2.45, 2.75) is 142 Å². The molecule has 0 saturated heterocycles.